The minimum absolute atomic E-state index is 0.00673. The lowest BCUT2D eigenvalue weighted by molar-refractivity contribution is -0.117. The van der Waals surface area contributed by atoms with Crippen LogP contribution in [0.3, 0.4) is 0 Å². The van der Waals surface area contributed by atoms with Crippen molar-refractivity contribution in [1.82, 2.24) is 19.3 Å². The lowest BCUT2D eigenvalue weighted by Crippen LogP contribution is -2.50. The van der Waals surface area contributed by atoms with Gasteiger partial charge in [0.15, 0.2) is 5.82 Å². The van der Waals surface area contributed by atoms with E-state index < -0.39 is 0 Å². The van der Waals surface area contributed by atoms with Gasteiger partial charge < -0.3 is 14.4 Å². The molecule has 4 heterocycles. The van der Waals surface area contributed by atoms with Gasteiger partial charge in [0.05, 0.1) is 17.9 Å². The Kier molecular flexibility index (Phi) is 3.19. The van der Waals surface area contributed by atoms with E-state index in [2.05, 4.69) is 10.1 Å². The molecule has 0 radical (unpaired) electrons. The lowest BCUT2D eigenvalue weighted by atomic mass is 10.1. The van der Waals surface area contributed by atoms with Gasteiger partial charge in [-0.05, 0) is 19.3 Å². The summed E-state index contributed by atoms with van der Waals surface area (Å²) in [5.74, 6) is 0.705. The second kappa shape index (κ2) is 5.44. The molecule has 0 unspecified atom stereocenters. The van der Waals surface area contributed by atoms with Crippen molar-refractivity contribution >= 4 is 17.4 Å². The Hall–Kier alpha value is -2.64. The van der Waals surface area contributed by atoms with Gasteiger partial charge in [0.2, 0.25) is 5.91 Å². The summed E-state index contributed by atoms with van der Waals surface area (Å²) in [6.07, 6.45) is 10.9. The van der Waals surface area contributed by atoms with E-state index in [0.717, 1.165) is 31.5 Å². The SMILES string of the molecule is O=C1CCCN1c1cnn(C2CN(c3nccn(C4CC4)c3=O)C2)c1. The summed E-state index contributed by atoms with van der Waals surface area (Å²) in [4.78, 5) is 32.5. The maximum absolute atomic E-state index is 12.5. The van der Waals surface area contributed by atoms with E-state index in [1.165, 1.54) is 0 Å². The Balaban J connectivity index is 1.29. The number of amides is 1. The number of hydrogen-bond donors (Lipinski definition) is 0. The summed E-state index contributed by atoms with van der Waals surface area (Å²) in [5.41, 5.74) is 0.877. The van der Waals surface area contributed by atoms with Crippen LogP contribution in [0.1, 0.15) is 37.8 Å². The first-order chi connectivity index (χ1) is 12.2. The highest BCUT2D eigenvalue weighted by Gasteiger charge is 2.34. The third-order valence-corrected chi connectivity index (χ3v) is 5.30. The highest BCUT2D eigenvalue weighted by molar-refractivity contribution is 5.95. The van der Waals surface area contributed by atoms with Gasteiger partial charge in [-0.25, -0.2) is 4.98 Å². The van der Waals surface area contributed by atoms with Crippen LogP contribution < -0.4 is 15.4 Å². The Morgan fingerprint density at radius 1 is 1.12 bits per heavy atom. The first kappa shape index (κ1) is 14.7. The summed E-state index contributed by atoms with van der Waals surface area (Å²) in [7, 11) is 0. The van der Waals surface area contributed by atoms with Crippen molar-refractivity contribution in [3.63, 3.8) is 0 Å². The van der Waals surface area contributed by atoms with E-state index >= 15 is 0 Å². The summed E-state index contributed by atoms with van der Waals surface area (Å²) >= 11 is 0. The quantitative estimate of drug-likeness (QED) is 0.829. The molecule has 0 bridgehead atoms. The zero-order chi connectivity index (χ0) is 17.0. The second-order valence-electron chi connectivity index (χ2n) is 7.08. The lowest BCUT2D eigenvalue weighted by Gasteiger charge is -2.39. The number of carbonyl (C=O) groups is 1. The number of hydrogen-bond acceptors (Lipinski definition) is 5. The van der Waals surface area contributed by atoms with E-state index in [4.69, 9.17) is 0 Å². The fraction of sp³-hybridized carbons (Fsp3) is 0.529. The number of carbonyl (C=O) groups excluding carboxylic acids is 1. The van der Waals surface area contributed by atoms with Crippen LogP contribution in [0.2, 0.25) is 0 Å². The average Bonchev–Trinajstić information content (AvgIpc) is 3.14. The fourth-order valence-corrected chi connectivity index (χ4v) is 3.66. The molecule has 2 aliphatic heterocycles. The molecule has 8 nitrogen and oxygen atoms in total. The van der Waals surface area contributed by atoms with E-state index in [9.17, 15) is 9.59 Å². The molecule has 25 heavy (non-hydrogen) atoms. The molecule has 3 fully saturated rings. The molecule has 2 saturated heterocycles. The van der Waals surface area contributed by atoms with Crippen molar-refractivity contribution in [2.45, 2.75) is 37.8 Å². The number of rotatable bonds is 4. The first-order valence-corrected chi connectivity index (χ1v) is 8.87. The van der Waals surface area contributed by atoms with Crippen molar-refractivity contribution in [2.24, 2.45) is 0 Å². The van der Waals surface area contributed by atoms with E-state index in [1.54, 1.807) is 28.1 Å². The van der Waals surface area contributed by atoms with Crippen LogP contribution in [-0.4, -0.2) is 44.9 Å². The largest absolute Gasteiger partial charge is 0.348 e. The van der Waals surface area contributed by atoms with Gasteiger partial charge in [-0.15, -0.1) is 0 Å². The van der Waals surface area contributed by atoms with Crippen LogP contribution in [0.5, 0.6) is 0 Å². The Morgan fingerprint density at radius 2 is 1.96 bits per heavy atom. The number of nitrogens with zero attached hydrogens (tertiary/aromatic N) is 6. The first-order valence-electron chi connectivity index (χ1n) is 8.87. The molecular formula is C17H20N6O2. The molecule has 1 aliphatic carbocycles. The van der Waals surface area contributed by atoms with Crippen LogP contribution in [0, 0.1) is 0 Å². The van der Waals surface area contributed by atoms with Crippen molar-refractivity contribution in [3.05, 3.63) is 35.1 Å². The number of aromatic nitrogens is 4. The van der Waals surface area contributed by atoms with E-state index in [0.29, 0.717) is 31.4 Å². The van der Waals surface area contributed by atoms with Gasteiger partial charge >= 0.3 is 0 Å². The minimum atomic E-state index is 0.00673. The van der Waals surface area contributed by atoms with Crippen LogP contribution in [0.15, 0.2) is 29.6 Å². The Morgan fingerprint density at radius 3 is 2.68 bits per heavy atom. The molecule has 5 rings (SSSR count). The highest BCUT2D eigenvalue weighted by Crippen LogP contribution is 2.34. The summed E-state index contributed by atoms with van der Waals surface area (Å²) in [5, 5.41) is 4.42. The standard InChI is InChI=1S/C17H20N6O2/c24-15-2-1-6-21(15)13-8-19-23(11-13)14-9-20(10-14)16-17(25)22(7-5-18-16)12-3-4-12/h5,7-8,11-12,14H,1-4,6,9-10H2. The van der Waals surface area contributed by atoms with Gasteiger partial charge in [0, 0.05) is 50.7 Å². The molecule has 3 aliphatic rings. The van der Waals surface area contributed by atoms with Crippen molar-refractivity contribution in [2.75, 3.05) is 29.4 Å². The van der Waals surface area contributed by atoms with Gasteiger partial charge in [-0.1, -0.05) is 0 Å². The minimum Gasteiger partial charge on any atom is -0.348 e. The van der Waals surface area contributed by atoms with Crippen molar-refractivity contribution in [3.8, 4) is 0 Å². The van der Waals surface area contributed by atoms with Crippen molar-refractivity contribution < 1.29 is 4.79 Å². The average molecular weight is 340 g/mol. The van der Waals surface area contributed by atoms with Gasteiger partial charge in [0.1, 0.15) is 0 Å². The molecule has 0 aromatic carbocycles. The van der Waals surface area contributed by atoms with Crippen LogP contribution in [-0.2, 0) is 4.79 Å². The third-order valence-electron chi connectivity index (χ3n) is 5.30. The zero-order valence-electron chi connectivity index (χ0n) is 13.9. The molecule has 2 aromatic rings. The normalized spacial score (nSPS) is 21.0. The molecule has 1 saturated carbocycles. The third kappa shape index (κ3) is 2.43. The molecule has 0 N–H and O–H groups in total. The van der Waals surface area contributed by atoms with Gasteiger partial charge in [0.25, 0.3) is 5.56 Å². The smallest absolute Gasteiger partial charge is 0.293 e. The topological polar surface area (TPSA) is 76.3 Å². The van der Waals surface area contributed by atoms with E-state index in [-0.39, 0.29) is 17.5 Å². The van der Waals surface area contributed by atoms with Crippen LogP contribution in [0.25, 0.3) is 0 Å². The summed E-state index contributed by atoms with van der Waals surface area (Å²) in [6, 6.07) is 0.570. The highest BCUT2D eigenvalue weighted by atomic mass is 16.2. The fourth-order valence-electron chi connectivity index (χ4n) is 3.66. The Labute approximate surface area is 144 Å². The predicted molar refractivity (Wildman–Crippen MR) is 91.8 cm³/mol. The molecule has 8 heteroatoms. The van der Waals surface area contributed by atoms with Crippen molar-refractivity contribution in [1.29, 1.82) is 0 Å². The van der Waals surface area contributed by atoms with E-state index in [1.807, 2.05) is 15.8 Å². The van der Waals surface area contributed by atoms with Gasteiger partial charge in [-0.2, -0.15) is 5.10 Å². The summed E-state index contributed by atoms with van der Waals surface area (Å²) in [6.45, 7) is 2.20. The molecule has 2 aromatic heterocycles. The van der Waals surface area contributed by atoms with Crippen LogP contribution in [0.4, 0.5) is 11.5 Å². The molecular weight excluding hydrogens is 320 g/mol. The molecule has 130 valence electrons. The maximum atomic E-state index is 12.5. The number of anilines is 2. The summed E-state index contributed by atoms with van der Waals surface area (Å²) < 4.78 is 3.71. The van der Waals surface area contributed by atoms with Crippen LogP contribution >= 0.6 is 0 Å². The molecule has 0 spiro atoms. The monoisotopic (exact) mass is 340 g/mol. The second-order valence-corrected chi connectivity index (χ2v) is 7.08. The molecule has 0 atom stereocenters. The Bertz CT molecular complexity index is 877. The maximum Gasteiger partial charge on any atom is 0.293 e. The molecule has 1 amide bonds. The zero-order valence-corrected chi connectivity index (χ0v) is 13.9. The predicted octanol–water partition coefficient (Wildman–Crippen LogP) is 0.963. The van der Waals surface area contributed by atoms with Gasteiger partial charge in [-0.3, -0.25) is 14.3 Å².